The van der Waals surface area contributed by atoms with Crippen LogP contribution < -0.4 is 10.6 Å². The van der Waals surface area contributed by atoms with Crippen LogP contribution in [0.3, 0.4) is 0 Å². The summed E-state index contributed by atoms with van der Waals surface area (Å²) >= 11 is 1.64. The van der Waals surface area contributed by atoms with Crippen LogP contribution in [0.25, 0.3) is 10.4 Å². The summed E-state index contributed by atoms with van der Waals surface area (Å²) in [4.78, 5) is 24.8. The Balaban J connectivity index is 1.48. The van der Waals surface area contributed by atoms with Gasteiger partial charge >= 0.3 is 6.09 Å². The van der Waals surface area contributed by atoms with E-state index in [1.54, 1.807) is 42.5 Å². The molecule has 3 heterocycles. The molecule has 3 aromatic rings. The van der Waals surface area contributed by atoms with Gasteiger partial charge in [0, 0.05) is 54.1 Å². The lowest BCUT2D eigenvalue weighted by atomic mass is 10.2. The highest BCUT2D eigenvalue weighted by Gasteiger charge is 2.14. The van der Waals surface area contributed by atoms with Gasteiger partial charge in [0.1, 0.15) is 5.82 Å². The van der Waals surface area contributed by atoms with E-state index in [0.29, 0.717) is 16.5 Å². The number of aromatic nitrogens is 2. The van der Waals surface area contributed by atoms with Crippen molar-refractivity contribution in [2.24, 2.45) is 4.36 Å². The molecule has 1 aliphatic rings. The lowest BCUT2D eigenvalue weighted by molar-refractivity contribution is 0.0398. The van der Waals surface area contributed by atoms with Gasteiger partial charge in [-0.05, 0) is 42.6 Å². The lowest BCUT2D eigenvalue weighted by Crippen LogP contribution is -2.39. The molecule has 2 aromatic heterocycles. The quantitative estimate of drug-likeness (QED) is 0.417. The Morgan fingerprint density at radius 2 is 2.03 bits per heavy atom. The summed E-state index contributed by atoms with van der Waals surface area (Å²) in [5, 5.41) is 8.70. The Morgan fingerprint density at radius 3 is 2.72 bits per heavy atom. The number of hydrogen-bond donors (Lipinski definition) is 2. The largest absolute Gasteiger partial charge is 0.448 e. The minimum Gasteiger partial charge on any atom is -0.448 e. The van der Waals surface area contributed by atoms with Gasteiger partial charge in [-0.2, -0.15) is 4.98 Å². The number of nitrogens with zero attached hydrogens (tertiary/aromatic N) is 4. The molecule has 12 heteroatoms. The Kier molecular flexibility index (Phi) is 8.86. The highest BCUT2D eigenvalue weighted by Crippen LogP contribution is 2.31. The van der Waals surface area contributed by atoms with Crippen LogP contribution in [0.1, 0.15) is 6.92 Å². The molecule has 1 amide bonds. The summed E-state index contributed by atoms with van der Waals surface area (Å²) in [5.41, 5.74) is 1.66. The van der Waals surface area contributed by atoms with Crippen LogP contribution in [0.5, 0.6) is 0 Å². The van der Waals surface area contributed by atoms with Crippen LogP contribution in [0.15, 0.2) is 57.2 Å². The number of amides is 1. The summed E-state index contributed by atoms with van der Waals surface area (Å²) in [5.74, 6) is 1.19. The van der Waals surface area contributed by atoms with E-state index in [4.69, 9.17) is 14.5 Å². The monoisotopic (exact) mass is 530 g/mol. The number of hydrogen-bond acceptors (Lipinski definition) is 10. The molecule has 1 unspecified atom stereocenters. The Hall–Kier alpha value is -3.06. The Bertz CT molecular complexity index is 1270. The van der Waals surface area contributed by atoms with Crippen LogP contribution in [0, 0.1) is 0 Å². The number of thiophene rings is 1. The smallest absolute Gasteiger partial charge is 0.442 e. The molecular weight excluding hydrogens is 500 g/mol. The minimum atomic E-state index is -2.91. The van der Waals surface area contributed by atoms with Crippen molar-refractivity contribution in [3.05, 3.63) is 48.0 Å². The van der Waals surface area contributed by atoms with Gasteiger partial charge in [0.15, 0.2) is 0 Å². The first-order chi connectivity index (χ1) is 17.4. The number of benzene rings is 1. The zero-order chi connectivity index (χ0) is 25.4. The molecule has 1 saturated heterocycles. The maximum absolute atomic E-state index is 12.8. The van der Waals surface area contributed by atoms with E-state index < -0.39 is 15.8 Å². The molecule has 36 heavy (non-hydrogen) atoms. The van der Waals surface area contributed by atoms with Crippen LogP contribution in [-0.2, 0) is 19.2 Å². The maximum atomic E-state index is 12.8. The van der Waals surface area contributed by atoms with Crippen molar-refractivity contribution < 1.29 is 18.5 Å². The van der Waals surface area contributed by atoms with Crippen LogP contribution in [0.2, 0.25) is 0 Å². The number of morpholine rings is 1. The normalized spacial score (nSPS) is 15.6. The molecule has 0 saturated carbocycles. The predicted octanol–water partition coefficient (Wildman–Crippen LogP) is 4.31. The first-order valence-corrected chi connectivity index (χ1v) is 14.5. The third-order valence-electron chi connectivity index (χ3n) is 5.46. The fraction of sp³-hybridized carbons (Fsp3) is 0.375. The van der Waals surface area contributed by atoms with Crippen molar-refractivity contribution in [2.45, 2.75) is 11.8 Å². The summed E-state index contributed by atoms with van der Waals surface area (Å²) in [6, 6.07) is 10.9. The maximum Gasteiger partial charge on any atom is 0.442 e. The van der Waals surface area contributed by atoms with Crippen LogP contribution in [-0.4, -0.2) is 77.4 Å². The molecule has 1 atom stereocenters. The number of rotatable bonds is 9. The summed E-state index contributed by atoms with van der Waals surface area (Å²) in [7, 11) is -2.91. The van der Waals surface area contributed by atoms with Crippen molar-refractivity contribution in [1.29, 1.82) is 0 Å². The standard InChI is InChI=1S/C24H30N6O4S2/c1-3-34-24(31)29-36(2,32)19-8-6-18(7-9-19)27-23-26-17-20(21-5-4-16-35-21)22(28-23)25-10-11-30-12-14-33-15-13-30/h4-9,16-17H,3,10-15H2,1-2H3,(H2,25,26,27,28). The van der Waals surface area contributed by atoms with E-state index >= 15 is 0 Å². The fourth-order valence-corrected chi connectivity index (χ4v) is 5.43. The first kappa shape index (κ1) is 26.0. The molecule has 0 radical (unpaired) electrons. The molecule has 4 rings (SSSR count). The summed E-state index contributed by atoms with van der Waals surface area (Å²) < 4.78 is 26.7. The van der Waals surface area contributed by atoms with Gasteiger partial charge in [0.2, 0.25) is 5.95 Å². The van der Waals surface area contributed by atoms with Crippen LogP contribution in [0.4, 0.5) is 22.2 Å². The third kappa shape index (κ3) is 7.00. The van der Waals surface area contributed by atoms with Gasteiger partial charge in [-0.3, -0.25) is 4.90 Å². The Morgan fingerprint density at radius 1 is 1.25 bits per heavy atom. The van der Waals surface area contributed by atoms with Gasteiger partial charge in [0.25, 0.3) is 0 Å². The van der Waals surface area contributed by atoms with Crippen molar-refractivity contribution >= 4 is 44.6 Å². The average molecular weight is 531 g/mol. The lowest BCUT2D eigenvalue weighted by Gasteiger charge is -2.26. The fourth-order valence-electron chi connectivity index (χ4n) is 3.61. The van der Waals surface area contributed by atoms with E-state index in [-0.39, 0.29) is 6.61 Å². The van der Waals surface area contributed by atoms with Gasteiger partial charge < -0.3 is 20.1 Å². The van der Waals surface area contributed by atoms with Gasteiger partial charge in [0.05, 0.1) is 35.1 Å². The highest BCUT2D eigenvalue weighted by molar-refractivity contribution is 7.93. The van der Waals surface area contributed by atoms with Crippen LogP contribution >= 0.6 is 11.3 Å². The third-order valence-corrected chi connectivity index (χ3v) is 8.01. The molecule has 1 fully saturated rings. The molecule has 2 N–H and O–H groups in total. The second-order valence-electron chi connectivity index (χ2n) is 8.06. The molecule has 1 aromatic carbocycles. The van der Waals surface area contributed by atoms with Crippen molar-refractivity contribution in [3.63, 3.8) is 0 Å². The molecule has 192 valence electrons. The van der Waals surface area contributed by atoms with Crippen molar-refractivity contribution in [1.82, 2.24) is 14.9 Å². The second kappa shape index (κ2) is 12.3. The topological polar surface area (TPSA) is 118 Å². The van der Waals surface area contributed by atoms with Gasteiger partial charge in [-0.15, -0.1) is 15.7 Å². The number of carbonyl (C=O) groups is 1. The second-order valence-corrected chi connectivity index (χ2v) is 11.3. The summed E-state index contributed by atoms with van der Waals surface area (Å²) in [6.07, 6.45) is 2.39. The van der Waals surface area contributed by atoms with Crippen molar-refractivity contribution in [2.75, 3.05) is 62.9 Å². The van der Waals surface area contributed by atoms with E-state index in [1.165, 1.54) is 6.26 Å². The molecule has 10 nitrogen and oxygen atoms in total. The zero-order valence-corrected chi connectivity index (χ0v) is 21.9. The number of anilines is 3. The minimum absolute atomic E-state index is 0.177. The molecular formula is C24H30N6O4S2. The number of carbonyl (C=O) groups excluding carboxylic acids is 1. The first-order valence-electron chi connectivity index (χ1n) is 11.7. The molecule has 0 bridgehead atoms. The van der Waals surface area contributed by atoms with E-state index in [1.807, 2.05) is 23.7 Å². The molecule has 1 aliphatic heterocycles. The highest BCUT2D eigenvalue weighted by atomic mass is 32.2. The van der Waals surface area contributed by atoms with Crippen molar-refractivity contribution in [3.8, 4) is 10.4 Å². The predicted molar refractivity (Wildman–Crippen MR) is 143 cm³/mol. The number of ether oxygens (including phenoxy) is 2. The molecule has 0 aliphatic carbocycles. The Labute approximate surface area is 215 Å². The van der Waals surface area contributed by atoms with E-state index in [9.17, 15) is 9.00 Å². The molecule has 0 spiro atoms. The van der Waals surface area contributed by atoms with E-state index in [0.717, 1.165) is 55.7 Å². The zero-order valence-electron chi connectivity index (χ0n) is 20.3. The van der Waals surface area contributed by atoms with Gasteiger partial charge in [-0.25, -0.2) is 14.0 Å². The SMILES string of the molecule is CCOC(=O)N=S(C)(=O)c1ccc(Nc2ncc(-c3cccs3)c(NCCN3CCOCC3)n2)cc1. The number of nitrogens with one attached hydrogen (secondary N) is 2. The van der Waals surface area contributed by atoms with Gasteiger partial charge in [-0.1, -0.05) is 6.07 Å². The summed E-state index contributed by atoms with van der Waals surface area (Å²) in [6.45, 7) is 6.90. The average Bonchev–Trinajstić information content (AvgIpc) is 3.40. The van der Waals surface area contributed by atoms with E-state index in [2.05, 4.69) is 24.9 Å².